The summed E-state index contributed by atoms with van der Waals surface area (Å²) in [6.45, 7) is 2.10. The Hall–Kier alpha value is -3.72. The molecule has 32 heavy (non-hydrogen) atoms. The van der Waals surface area contributed by atoms with Crippen molar-refractivity contribution in [1.82, 2.24) is 24.9 Å². The summed E-state index contributed by atoms with van der Waals surface area (Å²) in [7, 11) is 1.65. The van der Waals surface area contributed by atoms with E-state index >= 15 is 0 Å². The average molecular weight is 455 g/mol. The second kappa shape index (κ2) is 8.80. The number of urea groups is 1. The lowest BCUT2D eigenvalue weighted by molar-refractivity contribution is 0.208. The highest BCUT2D eigenvalue weighted by molar-refractivity contribution is 6.31. The number of fused-ring (bicyclic) bond motifs is 1. The largest absolute Gasteiger partial charge is 0.322 e. The van der Waals surface area contributed by atoms with Crippen molar-refractivity contribution >= 4 is 34.1 Å². The zero-order valence-electron chi connectivity index (χ0n) is 17.3. The number of nitrogens with one attached hydrogen (secondary N) is 2. The van der Waals surface area contributed by atoms with Crippen molar-refractivity contribution in [3.05, 3.63) is 87.3 Å². The van der Waals surface area contributed by atoms with Gasteiger partial charge in [0, 0.05) is 30.5 Å². The number of rotatable bonds is 5. The lowest BCUT2D eigenvalue weighted by Crippen LogP contribution is -2.34. The minimum absolute atomic E-state index is 0.0792. The third-order valence-corrected chi connectivity index (χ3v) is 5.64. The molecule has 2 N–H and O–H groups in total. The molecule has 0 aliphatic carbocycles. The van der Waals surface area contributed by atoms with Gasteiger partial charge in [-0.1, -0.05) is 35.0 Å². The second-order valence-electron chi connectivity index (χ2n) is 7.37. The van der Waals surface area contributed by atoms with Gasteiger partial charge in [0.15, 0.2) is 0 Å². The molecule has 0 radical (unpaired) electrons. The topological polar surface area (TPSA) is 95.9 Å². The molecule has 4 aromatic rings. The zero-order valence-corrected chi connectivity index (χ0v) is 18.1. The predicted molar refractivity (Wildman–Crippen MR) is 120 cm³/mol. The third-order valence-electron chi connectivity index (χ3n) is 5.35. The summed E-state index contributed by atoms with van der Waals surface area (Å²) in [6.07, 6.45) is 3.36. The fourth-order valence-corrected chi connectivity index (χ4v) is 3.65. The number of hydrogen-bond acceptors (Lipinski definition) is 4. The fraction of sp³-hybridized carbons (Fsp3) is 0.182. The number of nitrogens with zero attached hydrogens (tertiary/aromatic N) is 4. The van der Waals surface area contributed by atoms with E-state index in [-0.39, 0.29) is 23.2 Å². The van der Waals surface area contributed by atoms with Crippen LogP contribution < -0.4 is 10.9 Å². The number of aromatic amines is 1. The van der Waals surface area contributed by atoms with Crippen molar-refractivity contribution in [2.24, 2.45) is 0 Å². The zero-order chi connectivity index (χ0) is 22.8. The molecule has 2 amide bonds. The number of pyridine rings is 1. The number of hydrogen-bond donors (Lipinski definition) is 2. The van der Waals surface area contributed by atoms with Crippen molar-refractivity contribution in [3.63, 3.8) is 0 Å². The average Bonchev–Trinajstić information content (AvgIpc) is 3.30. The number of aromatic nitrogens is 4. The quantitative estimate of drug-likeness (QED) is 0.472. The molecule has 2 heterocycles. The van der Waals surface area contributed by atoms with Gasteiger partial charge in [-0.05, 0) is 42.1 Å². The molecule has 1 atom stereocenters. The lowest BCUT2D eigenvalue weighted by Gasteiger charge is -2.27. The van der Waals surface area contributed by atoms with Crippen LogP contribution in [0, 0.1) is 5.82 Å². The van der Waals surface area contributed by atoms with Gasteiger partial charge in [0.05, 0.1) is 17.6 Å². The highest BCUT2D eigenvalue weighted by atomic mass is 35.5. The van der Waals surface area contributed by atoms with E-state index in [1.807, 2.05) is 19.1 Å². The van der Waals surface area contributed by atoms with Gasteiger partial charge in [-0.25, -0.2) is 9.18 Å². The van der Waals surface area contributed by atoms with Crippen LogP contribution in [0.5, 0.6) is 0 Å². The van der Waals surface area contributed by atoms with E-state index in [0.717, 1.165) is 10.9 Å². The summed E-state index contributed by atoms with van der Waals surface area (Å²) < 4.78 is 15.0. The van der Waals surface area contributed by atoms with Crippen LogP contribution in [0.4, 0.5) is 14.9 Å². The Kier molecular flexibility index (Phi) is 5.91. The molecular formula is C22H20ClFN6O2. The molecule has 10 heteroatoms. The molecule has 164 valence electrons. The standard InChI is InChI=1S/C22H20ClFN6O2/c1-13(29(2)22(32)26-14-7-8-20(24)19(23)9-14)18-12-30(11-15-10-25-28-27-15)21(31)17-6-4-3-5-16(17)18/h3-10,12-13H,11H2,1-2H3,(H,26,32)(H,25,27,28)/t13-/m0/s1. The number of benzene rings is 2. The Bertz CT molecular complexity index is 1340. The Balaban J connectivity index is 1.67. The van der Waals surface area contributed by atoms with Gasteiger partial charge in [0.1, 0.15) is 11.5 Å². The molecule has 0 spiro atoms. The number of anilines is 1. The monoisotopic (exact) mass is 454 g/mol. The van der Waals surface area contributed by atoms with Crippen molar-refractivity contribution in [2.45, 2.75) is 19.5 Å². The molecule has 8 nitrogen and oxygen atoms in total. The minimum Gasteiger partial charge on any atom is -0.321 e. The fourth-order valence-electron chi connectivity index (χ4n) is 3.47. The number of carbonyl (C=O) groups is 1. The molecule has 0 fully saturated rings. The van der Waals surface area contributed by atoms with Crippen molar-refractivity contribution in [3.8, 4) is 0 Å². The van der Waals surface area contributed by atoms with Crippen LogP contribution in [-0.2, 0) is 6.54 Å². The summed E-state index contributed by atoms with van der Waals surface area (Å²) in [5, 5.41) is 14.2. The van der Waals surface area contributed by atoms with E-state index in [9.17, 15) is 14.0 Å². The third kappa shape index (κ3) is 4.19. The number of halogens is 2. The van der Waals surface area contributed by atoms with Crippen molar-refractivity contribution in [2.75, 3.05) is 12.4 Å². The first kappa shape index (κ1) is 21.5. The Morgan fingerprint density at radius 2 is 2.03 bits per heavy atom. The maximum absolute atomic E-state index is 13.4. The molecule has 0 saturated heterocycles. The predicted octanol–water partition coefficient (Wildman–Crippen LogP) is 4.19. The van der Waals surface area contributed by atoms with E-state index in [1.54, 1.807) is 36.1 Å². The highest BCUT2D eigenvalue weighted by Gasteiger charge is 2.22. The van der Waals surface area contributed by atoms with E-state index in [1.165, 1.54) is 23.1 Å². The molecule has 0 saturated carbocycles. The van der Waals surface area contributed by atoms with Crippen molar-refractivity contribution < 1.29 is 9.18 Å². The first-order valence-corrected chi connectivity index (χ1v) is 10.2. The van der Waals surface area contributed by atoms with E-state index in [0.29, 0.717) is 16.8 Å². The van der Waals surface area contributed by atoms with Crippen LogP contribution >= 0.6 is 11.6 Å². The molecule has 0 bridgehead atoms. The Labute approximate surface area is 187 Å². The van der Waals surface area contributed by atoms with Gasteiger partial charge in [0.2, 0.25) is 0 Å². The van der Waals surface area contributed by atoms with E-state index in [4.69, 9.17) is 11.6 Å². The SMILES string of the molecule is C[C@@H](c1cn(Cc2c[nH]nn2)c(=O)c2ccccc12)N(C)C(=O)Nc1ccc(F)c(Cl)c1. The first-order valence-electron chi connectivity index (χ1n) is 9.81. The molecule has 0 aliphatic heterocycles. The van der Waals surface area contributed by atoms with Gasteiger partial charge < -0.3 is 14.8 Å². The molecule has 0 unspecified atom stereocenters. The van der Waals surface area contributed by atoms with Gasteiger partial charge in [-0.2, -0.15) is 0 Å². The van der Waals surface area contributed by atoms with Gasteiger partial charge in [-0.3, -0.25) is 9.89 Å². The summed E-state index contributed by atoms with van der Waals surface area (Å²) in [5.74, 6) is -0.563. The maximum Gasteiger partial charge on any atom is 0.322 e. The van der Waals surface area contributed by atoms with Crippen LogP contribution in [0.3, 0.4) is 0 Å². The summed E-state index contributed by atoms with van der Waals surface area (Å²) in [5.41, 5.74) is 1.62. The summed E-state index contributed by atoms with van der Waals surface area (Å²) >= 11 is 5.81. The van der Waals surface area contributed by atoms with Crippen LogP contribution in [-0.4, -0.2) is 38.0 Å². The highest BCUT2D eigenvalue weighted by Crippen LogP contribution is 2.27. The van der Waals surface area contributed by atoms with E-state index in [2.05, 4.69) is 20.7 Å². The summed E-state index contributed by atoms with van der Waals surface area (Å²) in [4.78, 5) is 27.4. The smallest absolute Gasteiger partial charge is 0.321 e. The van der Waals surface area contributed by atoms with Crippen LogP contribution in [0.1, 0.15) is 24.2 Å². The Morgan fingerprint density at radius 3 is 2.72 bits per heavy atom. The number of carbonyl (C=O) groups excluding carboxylic acids is 1. The van der Waals surface area contributed by atoms with Crippen LogP contribution in [0.25, 0.3) is 10.8 Å². The molecule has 0 aliphatic rings. The maximum atomic E-state index is 13.4. The van der Waals surface area contributed by atoms with Gasteiger partial charge in [-0.15, -0.1) is 5.10 Å². The normalized spacial score (nSPS) is 12.0. The molecule has 2 aromatic heterocycles. The molecule has 4 rings (SSSR count). The van der Waals surface area contributed by atoms with Crippen LogP contribution in [0.2, 0.25) is 5.02 Å². The first-order chi connectivity index (χ1) is 15.3. The molecular weight excluding hydrogens is 435 g/mol. The Morgan fingerprint density at radius 1 is 1.28 bits per heavy atom. The number of H-pyrrole nitrogens is 1. The van der Waals surface area contributed by atoms with Gasteiger partial charge in [0.25, 0.3) is 5.56 Å². The minimum atomic E-state index is -0.563. The lowest BCUT2D eigenvalue weighted by atomic mass is 10.0. The van der Waals surface area contributed by atoms with E-state index < -0.39 is 11.8 Å². The second-order valence-corrected chi connectivity index (χ2v) is 7.78. The van der Waals surface area contributed by atoms with Gasteiger partial charge >= 0.3 is 6.03 Å². The molecule has 2 aromatic carbocycles. The van der Waals surface area contributed by atoms with Crippen LogP contribution in [0.15, 0.2) is 59.7 Å². The van der Waals surface area contributed by atoms with Crippen molar-refractivity contribution in [1.29, 1.82) is 0 Å². The number of amides is 2. The summed E-state index contributed by atoms with van der Waals surface area (Å²) in [6, 6.07) is 10.4.